The lowest BCUT2D eigenvalue weighted by Gasteiger charge is -2.31. The first kappa shape index (κ1) is 24.3. The minimum atomic E-state index is -0.654. The first-order valence-corrected chi connectivity index (χ1v) is 12.8. The van der Waals surface area contributed by atoms with Gasteiger partial charge in [0, 0.05) is 60.8 Å². The summed E-state index contributed by atoms with van der Waals surface area (Å²) in [6, 6.07) is 8.78. The lowest BCUT2D eigenvalue weighted by atomic mass is 9.76. The van der Waals surface area contributed by atoms with Crippen LogP contribution in [0.2, 0.25) is 5.02 Å². The predicted octanol–water partition coefficient (Wildman–Crippen LogP) is 3.29. The van der Waals surface area contributed by atoms with Crippen molar-refractivity contribution in [3.63, 3.8) is 0 Å². The molecule has 11 heteroatoms. The largest absolute Gasteiger partial charge is 0.381 e. The standard InChI is InChI=1S/C27H25ClN6O4/c1-2-34-20(6-9-30-34)24(35)33-23(16-12-15-4-3-5-18(28)22(15)16)25(36)32-21-13-19-17(14-29-21)27(26(37)31-19)7-10-38-11-8-27/h3-6,9,13-14H,2,7-8,10-12H2,1H3,(H,31,37)(H,33,35)(H,29,32,36). The number of halogens is 1. The van der Waals surface area contributed by atoms with E-state index < -0.39 is 17.2 Å². The van der Waals surface area contributed by atoms with Crippen molar-refractivity contribution in [1.29, 1.82) is 0 Å². The summed E-state index contributed by atoms with van der Waals surface area (Å²) in [6.07, 6.45) is 4.81. The Morgan fingerprint density at radius 3 is 2.82 bits per heavy atom. The molecule has 3 aromatic rings. The zero-order chi connectivity index (χ0) is 26.4. The quantitative estimate of drug-likeness (QED) is 0.433. The fourth-order valence-corrected chi connectivity index (χ4v) is 5.74. The Kier molecular flexibility index (Phi) is 6.00. The normalized spacial score (nSPS) is 18.2. The third-order valence-electron chi connectivity index (χ3n) is 7.48. The molecule has 1 fully saturated rings. The van der Waals surface area contributed by atoms with Crippen molar-refractivity contribution < 1.29 is 19.1 Å². The number of benzene rings is 1. The molecule has 0 saturated carbocycles. The molecule has 0 atom stereocenters. The van der Waals surface area contributed by atoms with Crippen LogP contribution in [0.15, 0.2) is 48.4 Å². The van der Waals surface area contributed by atoms with E-state index in [9.17, 15) is 14.4 Å². The summed E-state index contributed by atoms with van der Waals surface area (Å²) in [6.45, 7) is 3.38. The molecule has 38 heavy (non-hydrogen) atoms. The number of amides is 3. The van der Waals surface area contributed by atoms with Crippen molar-refractivity contribution in [2.45, 2.75) is 38.1 Å². The Morgan fingerprint density at radius 2 is 2.05 bits per heavy atom. The van der Waals surface area contributed by atoms with Gasteiger partial charge in [0.2, 0.25) is 5.91 Å². The zero-order valence-corrected chi connectivity index (χ0v) is 21.4. The number of aryl methyl sites for hydroxylation is 1. The van der Waals surface area contributed by atoms with Crippen molar-refractivity contribution in [2.24, 2.45) is 0 Å². The van der Waals surface area contributed by atoms with Gasteiger partial charge in [-0.3, -0.25) is 19.1 Å². The predicted molar refractivity (Wildman–Crippen MR) is 141 cm³/mol. The van der Waals surface area contributed by atoms with Crippen molar-refractivity contribution in [3.8, 4) is 0 Å². The van der Waals surface area contributed by atoms with Crippen molar-refractivity contribution in [1.82, 2.24) is 20.1 Å². The van der Waals surface area contributed by atoms with Crippen LogP contribution in [0.5, 0.6) is 0 Å². The highest BCUT2D eigenvalue weighted by Crippen LogP contribution is 2.45. The number of allylic oxidation sites excluding steroid dienone is 1. The van der Waals surface area contributed by atoms with E-state index in [1.54, 1.807) is 29.1 Å². The van der Waals surface area contributed by atoms with Crippen molar-refractivity contribution >= 4 is 46.4 Å². The number of nitrogens with zero attached hydrogens (tertiary/aromatic N) is 3. The maximum Gasteiger partial charge on any atom is 0.274 e. The molecule has 1 saturated heterocycles. The number of pyridine rings is 1. The number of hydrogen-bond donors (Lipinski definition) is 3. The monoisotopic (exact) mass is 532 g/mol. The van der Waals surface area contributed by atoms with E-state index in [2.05, 4.69) is 26.0 Å². The molecule has 0 radical (unpaired) electrons. The average molecular weight is 533 g/mol. The second kappa shape index (κ2) is 9.38. The molecule has 2 aromatic heterocycles. The minimum absolute atomic E-state index is 0.0793. The number of aromatic nitrogens is 3. The van der Waals surface area contributed by atoms with Crippen LogP contribution in [-0.4, -0.2) is 45.7 Å². The third kappa shape index (κ3) is 3.88. The van der Waals surface area contributed by atoms with E-state index in [1.165, 1.54) is 6.20 Å². The van der Waals surface area contributed by atoms with E-state index in [-0.39, 0.29) is 17.4 Å². The summed E-state index contributed by atoms with van der Waals surface area (Å²) in [4.78, 5) is 44.1. The van der Waals surface area contributed by atoms with Gasteiger partial charge in [-0.1, -0.05) is 23.7 Å². The molecule has 6 rings (SSSR count). The van der Waals surface area contributed by atoms with Crippen molar-refractivity contribution in [2.75, 3.05) is 23.8 Å². The fourth-order valence-electron chi connectivity index (χ4n) is 5.43. The SMILES string of the molecule is CCn1nccc1C(=O)NC(C(=O)Nc1cc2c(cn1)C1(CCOCC1)C(=O)N2)=C1Cc2cccc(Cl)c21. The molecule has 3 aliphatic rings. The van der Waals surface area contributed by atoms with Gasteiger partial charge in [0.05, 0.1) is 11.1 Å². The van der Waals surface area contributed by atoms with Crippen LogP contribution in [0.3, 0.4) is 0 Å². The zero-order valence-electron chi connectivity index (χ0n) is 20.6. The lowest BCUT2D eigenvalue weighted by Crippen LogP contribution is -2.40. The number of ether oxygens (including phenoxy) is 1. The van der Waals surface area contributed by atoms with Gasteiger partial charge in [-0.15, -0.1) is 0 Å². The van der Waals surface area contributed by atoms with Crippen LogP contribution in [-0.2, 0) is 32.7 Å². The Labute approximate surface area is 223 Å². The number of hydrogen-bond acceptors (Lipinski definition) is 6. The van der Waals surface area contributed by atoms with Gasteiger partial charge in [0.1, 0.15) is 17.2 Å². The van der Waals surface area contributed by atoms with E-state index in [1.807, 2.05) is 19.1 Å². The molecule has 10 nitrogen and oxygen atoms in total. The molecule has 2 aliphatic heterocycles. The summed E-state index contributed by atoms with van der Waals surface area (Å²) in [5, 5.41) is 13.2. The highest BCUT2D eigenvalue weighted by molar-refractivity contribution is 6.33. The van der Waals surface area contributed by atoms with Gasteiger partial charge in [-0.2, -0.15) is 5.10 Å². The molecular formula is C27H25ClN6O4. The first-order chi connectivity index (χ1) is 18.4. The minimum Gasteiger partial charge on any atom is -0.381 e. The molecule has 194 valence electrons. The van der Waals surface area contributed by atoms with Crippen LogP contribution < -0.4 is 16.0 Å². The maximum atomic E-state index is 13.6. The van der Waals surface area contributed by atoms with E-state index >= 15 is 0 Å². The summed E-state index contributed by atoms with van der Waals surface area (Å²) >= 11 is 6.45. The number of anilines is 2. The van der Waals surface area contributed by atoms with E-state index in [0.29, 0.717) is 61.0 Å². The van der Waals surface area contributed by atoms with Gasteiger partial charge < -0.3 is 20.7 Å². The van der Waals surface area contributed by atoms with Gasteiger partial charge in [-0.25, -0.2) is 4.98 Å². The number of rotatable bonds is 5. The molecule has 1 aliphatic carbocycles. The van der Waals surface area contributed by atoms with Crippen LogP contribution in [0.1, 0.15) is 46.9 Å². The van der Waals surface area contributed by atoms with Crippen LogP contribution in [0, 0.1) is 0 Å². The molecule has 3 N–H and O–H groups in total. The highest BCUT2D eigenvalue weighted by Gasteiger charge is 2.48. The van der Waals surface area contributed by atoms with E-state index in [0.717, 1.165) is 16.7 Å². The second-order valence-electron chi connectivity index (χ2n) is 9.51. The Balaban J connectivity index is 1.32. The number of carbonyl (C=O) groups is 3. The van der Waals surface area contributed by atoms with E-state index in [4.69, 9.17) is 16.3 Å². The van der Waals surface area contributed by atoms with Gasteiger partial charge in [0.15, 0.2) is 0 Å². The summed E-state index contributed by atoms with van der Waals surface area (Å²) in [5.41, 5.74) is 3.55. The molecule has 0 unspecified atom stereocenters. The number of nitrogens with one attached hydrogen (secondary N) is 3. The van der Waals surface area contributed by atoms with Crippen LogP contribution in [0.4, 0.5) is 11.5 Å². The second-order valence-corrected chi connectivity index (χ2v) is 9.92. The Morgan fingerprint density at radius 1 is 1.24 bits per heavy atom. The van der Waals surface area contributed by atoms with Crippen LogP contribution >= 0.6 is 11.6 Å². The maximum absolute atomic E-state index is 13.6. The summed E-state index contributed by atoms with van der Waals surface area (Å²) in [5.74, 6) is -0.829. The summed E-state index contributed by atoms with van der Waals surface area (Å²) in [7, 11) is 0. The molecular weight excluding hydrogens is 508 g/mol. The Bertz CT molecular complexity index is 1510. The number of carbonyl (C=O) groups excluding carboxylic acids is 3. The first-order valence-electron chi connectivity index (χ1n) is 12.5. The molecule has 1 aromatic carbocycles. The lowest BCUT2D eigenvalue weighted by molar-refractivity contribution is -0.124. The summed E-state index contributed by atoms with van der Waals surface area (Å²) < 4.78 is 7.00. The molecule has 4 heterocycles. The van der Waals surface area contributed by atoms with Crippen molar-refractivity contribution in [3.05, 3.63) is 75.8 Å². The van der Waals surface area contributed by atoms with Gasteiger partial charge in [0.25, 0.3) is 11.8 Å². The molecule has 0 bridgehead atoms. The molecule has 3 amide bonds. The number of fused-ring (bicyclic) bond motifs is 3. The fraction of sp³-hybridized carbons (Fsp3) is 0.296. The van der Waals surface area contributed by atoms with Crippen LogP contribution in [0.25, 0.3) is 5.57 Å². The van der Waals surface area contributed by atoms with Gasteiger partial charge in [-0.05, 0) is 43.0 Å². The topological polar surface area (TPSA) is 127 Å². The highest BCUT2D eigenvalue weighted by atomic mass is 35.5. The smallest absolute Gasteiger partial charge is 0.274 e. The third-order valence-corrected chi connectivity index (χ3v) is 7.79. The Hall–Kier alpha value is -4.02. The average Bonchev–Trinajstić information content (AvgIpc) is 3.47. The molecule has 1 spiro atoms. The van der Waals surface area contributed by atoms with Gasteiger partial charge >= 0.3 is 0 Å².